The quantitative estimate of drug-likeness (QED) is 0.814. The Morgan fingerprint density at radius 2 is 1.68 bits per heavy atom. The highest BCUT2D eigenvalue weighted by molar-refractivity contribution is 5.44. The Morgan fingerprint density at radius 1 is 1.05 bits per heavy atom. The molecule has 0 spiro atoms. The van der Waals surface area contributed by atoms with Crippen molar-refractivity contribution < 1.29 is 0 Å². The zero-order chi connectivity index (χ0) is 14.4. The highest BCUT2D eigenvalue weighted by atomic mass is 15.4. The number of anilines is 3. The summed E-state index contributed by atoms with van der Waals surface area (Å²) in [4.78, 5) is 17.5. The van der Waals surface area contributed by atoms with Crippen molar-refractivity contribution in [3.63, 3.8) is 0 Å². The first-order chi connectivity index (χ1) is 8.99. The monoisotopic (exact) mass is 266 g/mol. The lowest BCUT2D eigenvalue weighted by atomic mass is 10.3. The molecule has 0 aliphatic heterocycles. The van der Waals surface area contributed by atoms with Gasteiger partial charge in [-0.15, -0.1) is 0 Å². The Labute approximate surface area is 116 Å². The summed E-state index contributed by atoms with van der Waals surface area (Å²) < 4.78 is 0. The van der Waals surface area contributed by atoms with Crippen LogP contribution in [0.25, 0.3) is 0 Å². The molecule has 1 N–H and O–H groups in total. The van der Waals surface area contributed by atoms with Gasteiger partial charge in [0.15, 0.2) is 0 Å². The Hall–Kier alpha value is -1.59. The summed E-state index contributed by atoms with van der Waals surface area (Å²) in [6.45, 7) is 10.3. The molecule has 0 saturated heterocycles. The van der Waals surface area contributed by atoms with Crippen LogP contribution in [-0.4, -0.2) is 48.2 Å². The Balaban J connectivity index is 3.11. The first kappa shape index (κ1) is 15.5. The van der Waals surface area contributed by atoms with Gasteiger partial charge in [-0.25, -0.2) is 0 Å². The van der Waals surface area contributed by atoms with Gasteiger partial charge in [0.2, 0.25) is 17.8 Å². The molecule has 0 radical (unpaired) electrons. The van der Waals surface area contributed by atoms with Crippen molar-refractivity contribution in [1.29, 1.82) is 0 Å². The SMILES string of the molecule is CCCNc1nc(N(C)C)nc(N(CC)C(C)C)n1. The third-order valence-corrected chi connectivity index (χ3v) is 2.77. The third kappa shape index (κ3) is 4.22. The number of aromatic nitrogens is 3. The summed E-state index contributed by atoms with van der Waals surface area (Å²) in [6.07, 6.45) is 1.04. The van der Waals surface area contributed by atoms with Crippen LogP contribution in [0.3, 0.4) is 0 Å². The highest BCUT2D eigenvalue weighted by Gasteiger charge is 2.15. The summed E-state index contributed by atoms with van der Waals surface area (Å²) in [6, 6.07) is 0.362. The van der Waals surface area contributed by atoms with Gasteiger partial charge in [0, 0.05) is 33.2 Å². The van der Waals surface area contributed by atoms with Crippen molar-refractivity contribution >= 4 is 17.8 Å². The molecule has 0 aromatic carbocycles. The smallest absolute Gasteiger partial charge is 0.232 e. The average molecular weight is 266 g/mol. The number of hydrogen-bond donors (Lipinski definition) is 1. The maximum Gasteiger partial charge on any atom is 0.232 e. The van der Waals surface area contributed by atoms with Crippen molar-refractivity contribution in [3.05, 3.63) is 0 Å². The topological polar surface area (TPSA) is 57.2 Å². The fourth-order valence-electron chi connectivity index (χ4n) is 1.74. The Morgan fingerprint density at radius 3 is 2.16 bits per heavy atom. The molecule has 0 bridgehead atoms. The Kier molecular flexibility index (Phi) is 5.79. The molecule has 1 aromatic rings. The van der Waals surface area contributed by atoms with E-state index in [0.717, 1.165) is 25.5 Å². The second-order valence-corrected chi connectivity index (χ2v) is 4.96. The van der Waals surface area contributed by atoms with Gasteiger partial charge in [0.25, 0.3) is 0 Å². The molecule has 0 atom stereocenters. The van der Waals surface area contributed by atoms with Gasteiger partial charge in [-0.3, -0.25) is 0 Å². The van der Waals surface area contributed by atoms with E-state index in [1.807, 2.05) is 19.0 Å². The summed E-state index contributed by atoms with van der Waals surface area (Å²) in [5, 5.41) is 3.23. The van der Waals surface area contributed by atoms with Crippen molar-refractivity contribution in [3.8, 4) is 0 Å². The molecule has 0 amide bonds. The fraction of sp³-hybridized carbons (Fsp3) is 0.769. The van der Waals surface area contributed by atoms with Crippen LogP contribution in [0.1, 0.15) is 34.1 Å². The molecular formula is C13H26N6. The number of hydrogen-bond acceptors (Lipinski definition) is 6. The van der Waals surface area contributed by atoms with Crippen molar-refractivity contribution in [2.24, 2.45) is 0 Å². The van der Waals surface area contributed by atoms with Crippen molar-refractivity contribution in [1.82, 2.24) is 15.0 Å². The van der Waals surface area contributed by atoms with E-state index < -0.39 is 0 Å². The minimum absolute atomic E-state index is 0.362. The average Bonchev–Trinajstić information content (AvgIpc) is 2.36. The minimum atomic E-state index is 0.362. The predicted octanol–water partition coefficient (Wildman–Crippen LogP) is 1.99. The van der Waals surface area contributed by atoms with Crippen LogP contribution in [0.15, 0.2) is 0 Å². The zero-order valence-electron chi connectivity index (χ0n) is 12.9. The van der Waals surface area contributed by atoms with E-state index in [0.29, 0.717) is 17.9 Å². The van der Waals surface area contributed by atoms with Crippen LogP contribution >= 0.6 is 0 Å². The van der Waals surface area contributed by atoms with Gasteiger partial charge in [0.05, 0.1) is 0 Å². The van der Waals surface area contributed by atoms with Crippen LogP contribution in [0.4, 0.5) is 17.8 Å². The van der Waals surface area contributed by atoms with Crippen LogP contribution in [0.5, 0.6) is 0 Å². The van der Waals surface area contributed by atoms with E-state index in [1.54, 1.807) is 0 Å². The van der Waals surface area contributed by atoms with E-state index in [-0.39, 0.29) is 0 Å². The largest absolute Gasteiger partial charge is 0.354 e. The molecule has 6 nitrogen and oxygen atoms in total. The third-order valence-electron chi connectivity index (χ3n) is 2.77. The molecule has 1 heterocycles. The van der Waals surface area contributed by atoms with Crippen LogP contribution in [-0.2, 0) is 0 Å². The maximum atomic E-state index is 4.52. The second kappa shape index (κ2) is 7.11. The van der Waals surface area contributed by atoms with Gasteiger partial charge < -0.3 is 15.1 Å². The standard InChI is InChI=1S/C13H26N6/c1-7-9-14-11-15-12(18(5)6)17-13(16-11)19(8-2)10(3)4/h10H,7-9H2,1-6H3,(H,14,15,16,17). The lowest BCUT2D eigenvalue weighted by Crippen LogP contribution is -2.33. The second-order valence-electron chi connectivity index (χ2n) is 4.96. The fourth-order valence-corrected chi connectivity index (χ4v) is 1.74. The van der Waals surface area contributed by atoms with Gasteiger partial charge in [0.1, 0.15) is 0 Å². The molecule has 0 aliphatic rings. The van der Waals surface area contributed by atoms with E-state index >= 15 is 0 Å². The summed E-state index contributed by atoms with van der Waals surface area (Å²) in [7, 11) is 3.88. The predicted molar refractivity (Wildman–Crippen MR) is 81.1 cm³/mol. The van der Waals surface area contributed by atoms with Crippen molar-refractivity contribution in [2.75, 3.05) is 42.3 Å². The molecule has 1 rings (SSSR count). The first-order valence-corrected chi connectivity index (χ1v) is 6.93. The van der Waals surface area contributed by atoms with E-state index in [1.165, 1.54) is 0 Å². The molecule has 19 heavy (non-hydrogen) atoms. The van der Waals surface area contributed by atoms with E-state index in [4.69, 9.17) is 0 Å². The molecule has 0 saturated carbocycles. The van der Waals surface area contributed by atoms with Gasteiger partial charge >= 0.3 is 0 Å². The molecule has 0 aliphatic carbocycles. The molecule has 0 unspecified atom stereocenters. The molecule has 1 aromatic heterocycles. The van der Waals surface area contributed by atoms with Gasteiger partial charge in [-0.1, -0.05) is 6.92 Å². The van der Waals surface area contributed by atoms with Crippen LogP contribution in [0, 0.1) is 0 Å². The summed E-state index contributed by atoms with van der Waals surface area (Å²) in [5.41, 5.74) is 0. The van der Waals surface area contributed by atoms with Crippen LogP contribution in [0.2, 0.25) is 0 Å². The number of nitrogens with zero attached hydrogens (tertiary/aromatic N) is 5. The van der Waals surface area contributed by atoms with E-state index in [2.05, 4.69) is 52.9 Å². The summed E-state index contributed by atoms with van der Waals surface area (Å²) in [5.74, 6) is 2.06. The Bertz CT molecular complexity index is 391. The number of nitrogens with one attached hydrogen (secondary N) is 1. The van der Waals surface area contributed by atoms with Gasteiger partial charge in [-0.2, -0.15) is 15.0 Å². The van der Waals surface area contributed by atoms with Gasteiger partial charge in [-0.05, 0) is 27.2 Å². The molecular weight excluding hydrogens is 240 g/mol. The maximum absolute atomic E-state index is 4.52. The first-order valence-electron chi connectivity index (χ1n) is 6.93. The zero-order valence-corrected chi connectivity index (χ0v) is 12.9. The normalized spacial score (nSPS) is 10.7. The summed E-state index contributed by atoms with van der Waals surface area (Å²) >= 11 is 0. The molecule has 6 heteroatoms. The lowest BCUT2D eigenvalue weighted by molar-refractivity contribution is 0.677. The lowest BCUT2D eigenvalue weighted by Gasteiger charge is -2.26. The highest BCUT2D eigenvalue weighted by Crippen LogP contribution is 2.17. The van der Waals surface area contributed by atoms with Crippen molar-refractivity contribution in [2.45, 2.75) is 40.2 Å². The van der Waals surface area contributed by atoms with E-state index in [9.17, 15) is 0 Å². The minimum Gasteiger partial charge on any atom is -0.354 e. The van der Waals surface area contributed by atoms with Crippen LogP contribution < -0.4 is 15.1 Å². The molecule has 108 valence electrons. The molecule has 0 fully saturated rings. The number of rotatable bonds is 7.